The van der Waals surface area contributed by atoms with E-state index in [1.807, 2.05) is 0 Å². The Labute approximate surface area is 96.1 Å². The molecule has 3 amide bonds. The van der Waals surface area contributed by atoms with Gasteiger partial charge >= 0.3 is 0 Å². The van der Waals surface area contributed by atoms with Crippen LogP contribution in [0.15, 0.2) is 18.3 Å². The summed E-state index contributed by atoms with van der Waals surface area (Å²) in [7, 11) is 0. The first-order valence-electron chi connectivity index (χ1n) is 4.84. The van der Waals surface area contributed by atoms with Crippen LogP contribution in [0, 0.1) is 0 Å². The van der Waals surface area contributed by atoms with E-state index in [1.54, 1.807) is 0 Å². The number of amides is 3. The van der Waals surface area contributed by atoms with Gasteiger partial charge in [-0.05, 0) is 12.1 Å². The van der Waals surface area contributed by atoms with Gasteiger partial charge < -0.3 is 10.0 Å². The van der Waals surface area contributed by atoms with E-state index < -0.39 is 17.7 Å². The molecule has 1 fully saturated rings. The Bertz CT molecular complexity index is 484. The van der Waals surface area contributed by atoms with Crippen molar-refractivity contribution in [3.63, 3.8) is 0 Å². The molecule has 7 heteroatoms. The van der Waals surface area contributed by atoms with Gasteiger partial charge in [-0.25, -0.2) is 4.98 Å². The predicted molar refractivity (Wildman–Crippen MR) is 55.0 cm³/mol. The summed E-state index contributed by atoms with van der Waals surface area (Å²) in [5.41, 5.74) is -0.171. The summed E-state index contributed by atoms with van der Waals surface area (Å²) in [4.78, 5) is 38.8. The quantitative estimate of drug-likeness (QED) is 0.601. The van der Waals surface area contributed by atoms with Crippen molar-refractivity contribution in [1.29, 1.82) is 0 Å². The fourth-order valence-corrected chi connectivity index (χ4v) is 1.49. The fraction of sp³-hybridized carbons (Fsp3) is 0.200. The number of aromatic nitrogens is 1. The zero-order valence-corrected chi connectivity index (χ0v) is 8.71. The van der Waals surface area contributed by atoms with E-state index in [1.165, 1.54) is 18.3 Å². The molecular formula is C10H9N3O4. The Balaban J connectivity index is 2.23. The molecular weight excluding hydrogens is 226 g/mol. The second-order valence-corrected chi connectivity index (χ2v) is 3.50. The Morgan fingerprint density at radius 3 is 2.59 bits per heavy atom. The number of pyridine rings is 1. The highest BCUT2D eigenvalue weighted by Gasteiger charge is 2.28. The maximum Gasteiger partial charge on any atom is 0.277 e. The van der Waals surface area contributed by atoms with Gasteiger partial charge in [0, 0.05) is 6.20 Å². The maximum atomic E-state index is 11.9. The molecule has 7 nitrogen and oxygen atoms in total. The third-order valence-corrected chi connectivity index (χ3v) is 2.22. The van der Waals surface area contributed by atoms with E-state index in [2.05, 4.69) is 10.3 Å². The van der Waals surface area contributed by atoms with Crippen LogP contribution in [0.5, 0.6) is 5.75 Å². The molecule has 0 radical (unpaired) electrons. The number of hydrogen-bond donors (Lipinski definition) is 2. The highest BCUT2D eigenvalue weighted by Crippen LogP contribution is 2.15. The molecule has 1 aliphatic rings. The Morgan fingerprint density at radius 2 is 2.00 bits per heavy atom. The normalized spacial score (nSPS) is 15.6. The Morgan fingerprint density at radius 1 is 1.35 bits per heavy atom. The van der Waals surface area contributed by atoms with Crippen molar-refractivity contribution < 1.29 is 19.5 Å². The monoisotopic (exact) mass is 235 g/mol. The molecule has 0 saturated carbocycles. The zero-order valence-electron chi connectivity index (χ0n) is 8.71. The molecule has 0 aromatic carbocycles. The van der Waals surface area contributed by atoms with E-state index in [4.69, 9.17) is 0 Å². The lowest BCUT2D eigenvalue weighted by atomic mass is 10.2. The van der Waals surface area contributed by atoms with Crippen LogP contribution in [0.4, 0.5) is 0 Å². The second kappa shape index (κ2) is 4.20. The van der Waals surface area contributed by atoms with E-state index >= 15 is 0 Å². The van der Waals surface area contributed by atoms with Gasteiger partial charge in [-0.1, -0.05) is 0 Å². The number of imide groups is 1. The van der Waals surface area contributed by atoms with Crippen molar-refractivity contribution >= 4 is 17.7 Å². The standard InChI is InChI=1S/C10H9N3O4/c14-6-2-1-3-11-9(6)10(17)13-4-7(15)12-8(16)5-13/h1-3,14H,4-5H2,(H,12,15,16). The molecule has 2 N–H and O–H groups in total. The minimum atomic E-state index is -0.647. The number of nitrogens with one attached hydrogen (secondary N) is 1. The van der Waals surface area contributed by atoms with E-state index in [-0.39, 0.29) is 24.5 Å². The first-order valence-corrected chi connectivity index (χ1v) is 4.84. The van der Waals surface area contributed by atoms with Crippen LogP contribution in [0.3, 0.4) is 0 Å². The first kappa shape index (κ1) is 11.1. The van der Waals surface area contributed by atoms with Crippen LogP contribution in [0.25, 0.3) is 0 Å². The molecule has 2 heterocycles. The SMILES string of the molecule is O=C1CN(C(=O)c2ncccc2O)CC(=O)N1. The number of aromatic hydroxyl groups is 1. The molecule has 0 bridgehead atoms. The second-order valence-electron chi connectivity index (χ2n) is 3.50. The lowest BCUT2D eigenvalue weighted by Gasteiger charge is -2.25. The summed E-state index contributed by atoms with van der Waals surface area (Å²) in [5.74, 6) is -2.03. The van der Waals surface area contributed by atoms with Crippen molar-refractivity contribution in [3.05, 3.63) is 24.0 Å². The molecule has 17 heavy (non-hydrogen) atoms. The van der Waals surface area contributed by atoms with Gasteiger partial charge in [-0.3, -0.25) is 19.7 Å². The minimum Gasteiger partial charge on any atom is -0.505 e. The Kier molecular flexibility index (Phi) is 2.73. The van der Waals surface area contributed by atoms with Crippen LogP contribution < -0.4 is 5.32 Å². The summed E-state index contributed by atoms with van der Waals surface area (Å²) >= 11 is 0. The number of nitrogens with zero attached hydrogens (tertiary/aromatic N) is 2. The van der Waals surface area contributed by atoms with Crippen molar-refractivity contribution in [3.8, 4) is 5.75 Å². The molecule has 1 saturated heterocycles. The summed E-state index contributed by atoms with van der Waals surface area (Å²) in [6, 6.07) is 2.78. The molecule has 88 valence electrons. The number of piperazine rings is 1. The highest BCUT2D eigenvalue weighted by atomic mass is 16.3. The van der Waals surface area contributed by atoms with Crippen LogP contribution in [-0.2, 0) is 9.59 Å². The first-order chi connectivity index (χ1) is 8.08. The fourth-order valence-electron chi connectivity index (χ4n) is 1.49. The molecule has 1 aromatic heterocycles. The topological polar surface area (TPSA) is 99.6 Å². The summed E-state index contributed by atoms with van der Waals surface area (Å²) < 4.78 is 0. The van der Waals surface area contributed by atoms with Gasteiger partial charge in [0.05, 0.1) is 0 Å². The lowest BCUT2D eigenvalue weighted by Crippen LogP contribution is -2.53. The van der Waals surface area contributed by atoms with Crippen molar-refractivity contribution in [2.45, 2.75) is 0 Å². The molecule has 0 spiro atoms. The van der Waals surface area contributed by atoms with Crippen LogP contribution in [0.1, 0.15) is 10.5 Å². The third kappa shape index (κ3) is 2.22. The zero-order chi connectivity index (χ0) is 12.4. The summed E-state index contributed by atoms with van der Waals surface area (Å²) in [6.07, 6.45) is 1.35. The van der Waals surface area contributed by atoms with Gasteiger partial charge in [-0.2, -0.15) is 0 Å². The van der Waals surface area contributed by atoms with Gasteiger partial charge in [-0.15, -0.1) is 0 Å². The van der Waals surface area contributed by atoms with Gasteiger partial charge in [0.2, 0.25) is 11.8 Å². The maximum absolute atomic E-state index is 11.9. The predicted octanol–water partition coefficient (Wildman–Crippen LogP) is -1.11. The van der Waals surface area contributed by atoms with Crippen molar-refractivity contribution in [2.24, 2.45) is 0 Å². The smallest absolute Gasteiger partial charge is 0.277 e. The highest BCUT2D eigenvalue weighted by molar-refractivity contribution is 6.05. The van der Waals surface area contributed by atoms with Crippen molar-refractivity contribution in [1.82, 2.24) is 15.2 Å². The molecule has 0 aliphatic carbocycles. The lowest BCUT2D eigenvalue weighted by molar-refractivity contribution is -0.135. The largest absolute Gasteiger partial charge is 0.505 e. The van der Waals surface area contributed by atoms with E-state index in [0.717, 1.165) is 4.90 Å². The number of rotatable bonds is 1. The molecule has 1 aliphatic heterocycles. The summed E-state index contributed by atoms with van der Waals surface area (Å²) in [6.45, 7) is -0.443. The van der Waals surface area contributed by atoms with Crippen LogP contribution in [-0.4, -0.2) is 45.8 Å². The molecule has 2 rings (SSSR count). The van der Waals surface area contributed by atoms with Gasteiger partial charge in [0.15, 0.2) is 5.69 Å². The molecule has 0 atom stereocenters. The minimum absolute atomic E-state index is 0.171. The van der Waals surface area contributed by atoms with Gasteiger partial charge in [0.25, 0.3) is 5.91 Å². The van der Waals surface area contributed by atoms with Gasteiger partial charge in [0.1, 0.15) is 18.8 Å². The number of carbonyl (C=O) groups excluding carboxylic acids is 3. The van der Waals surface area contributed by atoms with Crippen molar-refractivity contribution in [2.75, 3.05) is 13.1 Å². The Hall–Kier alpha value is -2.44. The van der Waals surface area contributed by atoms with E-state index in [0.29, 0.717) is 0 Å². The summed E-state index contributed by atoms with van der Waals surface area (Å²) in [5, 5.41) is 11.5. The number of carbonyl (C=O) groups is 3. The number of hydrogen-bond acceptors (Lipinski definition) is 5. The van der Waals surface area contributed by atoms with Crippen LogP contribution >= 0.6 is 0 Å². The van der Waals surface area contributed by atoms with Crippen LogP contribution in [0.2, 0.25) is 0 Å². The molecule has 0 unspecified atom stereocenters. The molecule has 1 aromatic rings. The third-order valence-electron chi connectivity index (χ3n) is 2.22. The van der Waals surface area contributed by atoms with E-state index in [9.17, 15) is 19.5 Å². The average molecular weight is 235 g/mol. The average Bonchev–Trinajstić information content (AvgIpc) is 2.27.